The lowest BCUT2D eigenvalue weighted by Crippen LogP contribution is -2.50. The minimum absolute atomic E-state index is 0.000267. The molecule has 0 heterocycles. The fourth-order valence-corrected chi connectivity index (χ4v) is 2.76. The minimum atomic E-state index is -2.09. The number of benzene rings is 1. The third kappa shape index (κ3) is 3.23. The van der Waals surface area contributed by atoms with Crippen molar-refractivity contribution in [3.05, 3.63) is 70.9 Å². The number of carbonyl (C=O) groups is 1. The molecule has 0 radical (unpaired) electrons. The lowest BCUT2D eigenvalue weighted by atomic mass is 9.93. The lowest BCUT2D eigenvalue weighted by Gasteiger charge is -2.38. The normalized spacial score (nSPS) is 19.8. The van der Waals surface area contributed by atoms with Gasteiger partial charge in [0.15, 0.2) is 11.5 Å². The summed E-state index contributed by atoms with van der Waals surface area (Å²) in [6.45, 7) is 0. The second-order valence-corrected chi connectivity index (χ2v) is 5.37. The summed E-state index contributed by atoms with van der Waals surface area (Å²) in [4.78, 5) is 12.2. The van der Waals surface area contributed by atoms with Gasteiger partial charge in [0, 0.05) is 19.8 Å². The van der Waals surface area contributed by atoms with E-state index in [4.69, 9.17) is 18.9 Å². The topological polar surface area (TPSA) is 74.2 Å². The monoisotopic (exact) mass is 364 g/mol. The van der Waals surface area contributed by atoms with Gasteiger partial charge >= 0.3 is 0 Å². The number of rotatable bonds is 7. The van der Waals surface area contributed by atoms with Crippen LogP contribution in [0.5, 0.6) is 0 Å². The zero-order valence-electron chi connectivity index (χ0n) is 15.0. The number of ether oxygens (including phenoxy) is 4. The highest BCUT2D eigenvalue weighted by Gasteiger charge is 2.54. The van der Waals surface area contributed by atoms with E-state index in [-0.39, 0.29) is 22.9 Å². The van der Waals surface area contributed by atoms with Gasteiger partial charge < -0.3 is 24.1 Å². The van der Waals surface area contributed by atoms with E-state index in [0.717, 1.165) is 0 Å². The van der Waals surface area contributed by atoms with Crippen molar-refractivity contribution in [2.24, 2.45) is 0 Å². The summed E-state index contributed by atoms with van der Waals surface area (Å²) in [5.41, 5.74) is 0.417. The smallest absolute Gasteiger partial charge is 0.271 e. The van der Waals surface area contributed by atoms with E-state index in [1.807, 2.05) is 0 Å². The third-order valence-electron chi connectivity index (χ3n) is 4.09. The van der Waals surface area contributed by atoms with Crippen molar-refractivity contribution in [2.45, 2.75) is 12.0 Å². The van der Waals surface area contributed by atoms with E-state index in [0.29, 0.717) is 5.56 Å². The van der Waals surface area contributed by atoms with E-state index >= 15 is 0 Å². The molecule has 1 aliphatic rings. The van der Waals surface area contributed by atoms with Crippen molar-refractivity contribution < 1.29 is 33.2 Å². The van der Waals surface area contributed by atoms with E-state index in [1.54, 1.807) is 30.3 Å². The fraction of sp³-hybridized carbons (Fsp3) is 0.316. The molecule has 0 saturated carbocycles. The molecule has 0 spiro atoms. The van der Waals surface area contributed by atoms with Crippen LogP contribution in [0.2, 0.25) is 0 Å². The van der Waals surface area contributed by atoms with Crippen LogP contribution in [-0.4, -0.2) is 51.3 Å². The molecule has 0 bridgehead atoms. The summed E-state index contributed by atoms with van der Waals surface area (Å²) in [6.07, 6.45) is 0.398. The maximum atomic E-state index is 14.9. The number of alkyl halides is 1. The largest absolute Gasteiger partial charge is 0.508 e. The minimum Gasteiger partial charge on any atom is -0.508 e. The Morgan fingerprint density at radius 1 is 1.12 bits per heavy atom. The van der Waals surface area contributed by atoms with Gasteiger partial charge in [-0.2, -0.15) is 0 Å². The van der Waals surface area contributed by atoms with Gasteiger partial charge in [0.1, 0.15) is 5.76 Å². The SMILES string of the molecule is COC1=C(OC)C(OC)(OC)C(F)C(O)=C1/C=C/C(=O)c1ccccc1. The van der Waals surface area contributed by atoms with E-state index in [9.17, 15) is 14.3 Å². The van der Waals surface area contributed by atoms with E-state index < -0.39 is 17.7 Å². The summed E-state index contributed by atoms with van der Waals surface area (Å²) in [7, 11) is 5.06. The zero-order valence-corrected chi connectivity index (χ0v) is 15.0. The summed E-state index contributed by atoms with van der Waals surface area (Å²) < 4.78 is 35.7. The van der Waals surface area contributed by atoms with Crippen molar-refractivity contribution in [1.82, 2.24) is 0 Å². The number of carbonyl (C=O) groups excluding carboxylic acids is 1. The molecule has 1 aromatic rings. The van der Waals surface area contributed by atoms with Gasteiger partial charge in [-0.1, -0.05) is 30.3 Å². The van der Waals surface area contributed by atoms with Crippen LogP contribution < -0.4 is 0 Å². The zero-order chi connectivity index (χ0) is 19.3. The first-order valence-electron chi connectivity index (χ1n) is 7.74. The molecule has 0 amide bonds. The Bertz CT molecular complexity index is 747. The summed E-state index contributed by atoms with van der Waals surface area (Å²) in [5, 5.41) is 10.3. The highest BCUT2D eigenvalue weighted by atomic mass is 19.1. The summed E-state index contributed by atoms with van der Waals surface area (Å²) >= 11 is 0. The highest BCUT2D eigenvalue weighted by Crippen LogP contribution is 2.42. The second-order valence-electron chi connectivity index (χ2n) is 5.37. The van der Waals surface area contributed by atoms with Gasteiger partial charge in [-0.05, 0) is 12.2 Å². The number of aliphatic hydroxyl groups is 1. The number of hydrogen-bond acceptors (Lipinski definition) is 6. The summed E-state index contributed by atoms with van der Waals surface area (Å²) in [6, 6.07) is 8.54. The predicted octanol–water partition coefficient (Wildman–Crippen LogP) is 3.08. The van der Waals surface area contributed by atoms with E-state index in [2.05, 4.69) is 0 Å². The maximum absolute atomic E-state index is 14.9. The van der Waals surface area contributed by atoms with Gasteiger partial charge in [-0.25, -0.2) is 4.39 Å². The number of methoxy groups -OCH3 is 4. The highest BCUT2D eigenvalue weighted by molar-refractivity contribution is 6.04. The first-order chi connectivity index (χ1) is 12.5. The number of halogens is 1. The van der Waals surface area contributed by atoms with Crippen LogP contribution in [-0.2, 0) is 18.9 Å². The van der Waals surface area contributed by atoms with Gasteiger partial charge in [-0.15, -0.1) is 0 Å². The number of allylic oxidation sites excluding steroid dienone is 2. The van der Waals surface area contributed by atoms with Crippen molar-refractivity contribution >= 4 is 5.78 Å². The van der Waals surface area contributed by atoms with Crippen LogP contribution in [0, 0.1) is 0 Å². The molecule has 0 aromatic heterocycles. The van der Waals surface area contributed by atoms with Gasteiger partial charge in [0.2, 0.25) is 11.9 Å². The maximum Gasteiger partial charge on any atom is 0.271 e. The molecule has 2 rings (SSSR count). The Labute approximate surface area is 151 Å². The molecule has 1 N–H and O–H groups in total. The number of hydrogen-bond donors (Lipinski definition) is 1. The quantitative estimate of drug-likeness (QED) is 0.455. The summed E-state index contributed by atoms with van der Waals surface area (Å²) in [5.74, 6) is -3.10. The Hall–Kier alpha value is -2.64. The lowest BCUT2D eigenvalue weighted by molar-refractivity contribution is -0.237. The van der Waals surface area contributed by atoms with Crippen LogP contribution in [0.4, 0.5) is 4.39 Å². The molecule has 1 aromatic carbocycles. The molecule has 1 unspecified atom stereocenters. The van der Waals surface area contributed by atoms with Crippen LogP contribution in [0.1, 0.15) is 10.4 Å². The second kappa shape index (κ2) is 8.16. The Balaban J connectivity index is 2.50. The van der Waals surface area contributed by atoms with Crippen molar-refractivity contribution in [3.63, 3.8) is 0 Å². The number of aliphatic hydroxyl groups excluding tert-OH is 1. The molecule has 140 valence electrons. The van der Waals surface area contributed by atoms with Crippen LogP contribution >= 0.6 is 0 Å². The fourth-order valence-electron chi connectivity index (χ4n) is 2.76. The standard InChI is InChI=1S/C19H21FO6/c1-23-16-13(10-11-14(21)12-8-6-5-7-9-12)15(22)17(20)19(25-3,26-4)18(16)24-2/h5-11,17,22H,1-4H3/b11-10+. The molecule has 0 saturated heterocycles. The van der Waals surface area contributed by atoms with Crippen LogP contribution in [0.25, 0.3) is 0 Å². The molecule has 1 atom stereocenters. The van der Waals surface area contributed by atoms with Gasteiger partial charge in [0.05, 0.1) is 19.8 Å². The Morgan fingerprint density at radius 3 is 2.23 bits per heavy atom. The Kier molecular flexibility index (Phi) is 6.18. The molecule has 0 aliphatic heterocycles. The molecular formula is C19H21FO6. The van der Waals surface area contributed by atoms with Crippen LogP contribution in [0.15, 0.2) is 65.3 Å². The molecule has 7 heteroatoms. The van der Waals surface area contributed by atoms with Crippen LogP contribution in [0.3, 0.4) is 0 Å². The predicted molar refractivity (Wildman–Crippen MR) is 92.3 cm³/mol. The third-order valence-corrected chi connectivity index (χ3v) is 4.09. The van der Waals surface area contributed by atoms with Crippen molar-refractivity contribution in [2.75, 3.05) is 28.4 Å². The van der Waals surface area contributed by atoms with Crippen molar-refractivity contribution in [3.8, 4) is 0 Å². The molecule has 1 aliphatic carbocycles. The Morgan fingerprint density at radius 2 is 1.73 bits per heavy atom. The van der Waals surface area contributed by atoms with Gasteiger partial charge in [0.25, 0.3) is 5.79 Å². The first kappa shape index (κ1) is 19.7. The molecule has 0 fully saturated rings. The molecule has 26 heavy (non-hydrogen) atoms. The molecular weight excluding hydrogens is 343 g/mol. The number of ketones is 1. The molecule has 6 nitrogen and oxygen atoms in total. The van der Waals surface area contributed by atoms with Gasteiger partial charge in [-0.3, -0.25) is 4.79 Å². The average Bonchev–Trinajstić information content (AvgIpc) is 2.69. The first-order valence-corrected chi connectivity index (χ1v) is 7.74. The van der Waals surface area contributed by atoms with E-state index in [1.165, 1.54) is 40.6 Å². The van der Waals surface area contributed by atoms with Crippen molar-refractivity contribution in [1.29, 1.82) is 0 Å². The average molecular weight is 364 g/mol.